The van der Waals surface area contributed by atoms with Crippen molar-refractivity contribution in [1.29, 1.82) is 0 Å². The molecular formula is C17H19NO3. The van der Waals surface area contributed by atoms with Gasteiger partial charge in [-0.2, -0.15) is 0 Å². The molecule has 0 aliphatic heterocycles. The molecule has 110 valence electrons. The number of carbonyl (C=O) groups is 2. The van der Waals surface area contributed by atoms with Crippen molar-refractivity contribution < 1.29 is 14.7 Å². The molecule has 0 atom stereocenters. The highest BCUT2D eigenvalue weighted by atomic mass is 16.4. The largest absolute Gasteiger partial charge is 0.480 e. The number of carbonyl (C=O) groups excluding carboxylic acids is 1. The molecule has 0 aromatic heterocycles. The summed E-state index contributed by atoms with van der Waals surface area (Å²) in [6.07, 6.45) is 9.96. The van der Waals surface area contributed by atoms with E-state index in [1.54, 1.807) is 0 Å². The molecule has 0 unspecified atom stereocenters. The Balaban J connectivity index is 2.07. The lowest BCUT2D eigenvalue weighted by molar-refractivity contribution is -0.143. The van der Waals surface area contributed by atoms with Gasteiger partial charge in [-0.05, 0) is 42.4 Å². The van der Waals surface area contributed by atoms with E-state index >= 15 is 0 Å². The predicted octanol–water partition coefficient (Wildman–Crippen LogP) is 1.65. The van der Waals surface area contributed by atoms with Gasteiger partial charge < -0.3 is 10.0 Å². The first-order valence-corrected chi connectivity index (χ1v) is 7.14. The highest BCUT2D eigenvalue weighted by Crippen LogP contribution is 2.22. The standard InChI is InChI=1S/C17H19NO3/c1-2-9-18(12-17(20)21)16(19)11-13-7-8-14-5-3-4-6-15(14)10-13/h1,7-8,10H,3-6,9,11-12H2,(H,20,21). The number of hydrogen-bond donors (Lipinski definition) is 1. The van der Waals surface area contributed by atoms with Crippen LogP contribution < -0.4 is 0 Å². The van der Waals surface area contributed by atoms with Crippen LogP contribution in [-0.4, -0.2) is 35.0 Å². The second-order valence-corrected chi connectivity index (χ2v) is 5.33. The van der Waals surface area contributed by atoms with Crippen LogP contribution in [0.4, 0.5) is 0 Å². The van der Waals surface area contributed by atoms with Gasteiger partial charge in [0.25, 0.3) is 0 Å². The molecule has 0 saturated carbocycles. The van der Waals surface area contributed by atoms with Gasteiger partial charge in [-0.25, -0.2) is 0 Å². The maximum absolute atomic E-state index is 12.2. The number of terminal acetylenes is 1. The fourth-order valence-corrected chi connectivity index (χ4v) is 2.69. The fraction of sp³-hybridized carbons (Fsp3) is 0.412. The summed E-state index contributed by atoms with van der Waals surface area (Å²) in [6.45, 7) is -0.329. The summed E-state index contributed by atoms with van der Waals surface area (Å²) in [7, 11) is 0. The van der Waals surface area contributed by atoms with Gasteiger partial charge in [-0.3, -0.25) is 9.59 Å². The van der Waals surface area contributed by atoms with Gasteiger partial charge in [0, 0.05) is 0 Å². The van der Waals surface area contributed by atoms with Gasteiger partial charge >= 0.3 is 5.97 Å². The van der Waals surface area contributed by atoms with Crippen molar-refractivity contribution in [2.24, 2.45) is 0 Å². The third kappa shape index (κ3) is 4.09. The molecule has 1 aliphatic rings. The number of carboxylic acid groups (broad SMARTS) is 1. The first-order chi connectivity index (χ1) is 10.1. The Kier molecular flexibility index (Phi) is 4.99. The lowest BCUT2D eigenvalue weighted by Crippen LogP contribution is -2.37. The van der Waals surface area contributed by atoms with Gasteiger partial charge in [-0.15, -0.1) is 6.42 Å². The van der Waals surface area contributed by atoms with Crippen molar-refractivity contribution in [3.8, 4) is 12.3 Å². The molecule has 1 aromatic rings. The number of nitrogens with zero attached hydrogens (tertiary/aromatic N) is 1. The SMILES string of the molecule is C#CCN(CC(=O)O)C(=O)Cc1ccc2c(c1)CCCC2. The summed E-state index contributed by atoms with van der Waals surface area (Å²) in [5.74, 6) is 1.04. The van der Waals surface area contributed by atoms with Crippen LogP contribution in [0.3, 0.4) is 0 Å². The zero-order valence-electron chi connectivity index (χ0n) is 12.0. The molecule has 0 saturated heterocycles. The molecule has 2 rings (SSSR count). The van der Waals surface area contributed by atoms with Gasteiger partial charge in [0.2, 0.25) is 5.91 Å². The van der Waals surface area contributed by atoms with Gasteiger partial charge in [0.1, 0.15) is 6.54 Å². The molecular weight excluding hydrogens is 266 g/mol. The molecule has 1 amide bonds. The second-order valence-electron chi connectivity index (χ2n) is 5.33. The topological polar surface area (TPSA) is 57.6 Å². The van der Waals surface area contributed by atoms with Crippen molar-refractivity contribution >= 4 is 11.9 Å². The highest BCUT2D eigenvalue weighted by molar-refractivity contribution is 5.83. The van der Waals surface area contributed by atoms with E-state index in [0.717, 1.165) is 18.4 Å². The van der Waals surface area contributed by atoms with Crippen LogP contribution in [-0.2, 0) is 28.9 Å². The molecule has 0 spiro atoms. The molecule has 21 heavy (non-hydrogen) atoms. The minimum Gasteiger partial charge on any atom is -0.480 e. The zero-order valence-corrected chi connectivity index (χ0v) is 12.0. The number of amides is 1. The molecule has 1 N–H and O–H groups in total. The lowest BCUT2D eigenvalue weighted by Gasteiger charge is -2.19. The molecule has 1 aromatic carbocycles. The minimum absolute atomic E-state index is 0.0239. The van der Waals surface area contributed by atoms with E-state index in [4.69, 9.17) is 11.5 Å². The van der Waals surface area contributed by atoms with Crippen LogP contribution in [0.25, 0.3) is 0 Å². The minimum atomic E-state index is -1.05. The second kappa shape index (κ2) is 6.94. The van der Waals surface area contributed by atoms with E-state index in [2.05, 4.69) is 18.1 Å². The average Bonchev–Trinajstić information content (AvgIpc) is 2.46. The van der Waals surface area contributed by atoms with Crippen molar-refractivity contribution in [3.05, 3.63) is 34.9 Å². The van der Waals surface area contributed by atoms with Crippen molar-refractivity contribution in [1.82, 2.24) is 4.90 Å². The first-order valence-electron chi connectivity index (χ1n) is 7.14. The normalized spacial score (nSPS) is 13.1. The van der Waals surface area contributed by atoms with Crippen LogP contribution in [0.5, 0.6) is 0 Å². The Morgan fingerprint density at radius 3 is 2.62 bits per heavy atom. The highest BCUT2D eigenvalue weighted by Gasteiger charge is 2.17. The average molecular weight is 285 g/mol. The Hall–Kier alpha value is -2.28. The van der Waals surface area contributed by atoms with E-state index in [1.807, 2.05) is 6.07 Å². The summed E-state index contributed by atoms with van der Waals surface area (Å²) in [5.41, 5.74) is 3.60. The molecule has 0 bridgehead atoms. The van der Waals surface area contributed by atoms with Crippen LogP contribution >= 0.6 is 0 Å². The summed E-state index contributed by atoms with van der Waals surface area (Å²) < 4.78 is 0. The molecule has 0 radical (unpaired) electrons. The number of fused-ring (bicyclic) bond motifs is 1. The number of rotatable bonds is 5. The third-order valence-corrected chi connectivity index (χ3v) is 3.73. The van der Waals surface area contributed by atoms with Crippen LogP contribution in [0, 0.1) is 12.3 Å². The zero-order chi connectivity index (χ0) is 15.2. The molecule has 0 heterocycles. The first kappa shape index (κ1) is 15.1. The number of aliphatic carboxylic acids is 1. The Morgan fingerprint density at radius 1 is 1.24 bits per heavy atom. The quantitative estimate of drug-likeness (QED) is 0.837. The van der Waals surface area contributed by atoms with E-state index in [9.17, 15) is 9.59 Å². The monoisotopic (exact) mass is 285 g/mol. The van der Waals surface area contributed by atoms with Gasteiger partial charge in [-0.1, -0.05) is 24.1 Å². The Bertz CT molecular complexity index is 586. The summed E-state index contributed by atoms with van der Waals surface area (Å²) in [5, 5.41) is 8.82. The Labute approximate surface area is 124 Å². The predicted molar refractivity (Wildman–Crippen MR) is 79.8 cm³/mol. The molecule has 4 nitrogen and oxygen atoms in total. The number of hydrogen-bond acceptors (Lipinski definition) is 2. The fourth-order valence-electron chi connectivity index (χ4n) is 2.69. The van der Waals surface area contributed by atoms with Crippen molar-refractivity contribution in [2.75, 3.05) is 13.1 Å². The van der Waals surface area contributed by atoms with E-state index in [-0.39, 0.29) is 25.4 Å². The Morgan fingerprint density at radius 2 is 1.95 bits per heavy atom. The summed E-state index contributed by atoms with van der Waals surface area (Å²) in [6, 6.07) is 6.11. The van der Waals surface area contributed by atoms with Crippen molar-refractivity contribution in [3.63, 3.8) is 0 Å². The van der Waals surface area contributed by atoms with E-state index in [1.165, 1.54) is 28.9 Å². The van der Waals surface area contributed by atoms with E-state index < -0.39 is 5.97 Å². The maximum atomic E-state index is 12.2. The van der Waals surface area contributed by atoms with Crippen LogP contribution in [0.2, 0.25) is 0 Å². The van der Waals surface area contributed by atoms with Gasteiger partial charge in [0.15, 0.2) is 0 Å². The maximum Gasteiger partial charge on any atom is 0.323 e. The number of benzene rings is 1. The van der Waals surface area contributed by atoms with Crippen LogP contribution in [0.1, 0.15) is 29.5 Å². The summed E-state index contributed by atoms with van der Waals surface area (Å²) >= 11 is 0. The van der Waals surface area contributed by atoms with E-state index in [0.29, 0.717) is 0 Å². The summed E-state index contributed by atoms with van der Waals surface area (Å²) in [4.78, 5) is 24.1. The lowest BCUT2D eigenvalue weighted by atomic mass is 9.90. The molecule has 0 fully saturated rings. The number of carboxylic acids is 1. The van der Waals surface area contributed by atoms with Crippen molar-refractivity contribution in [2.45, 2.75) is 32.1 Å². The number of aryl methyl sites for hydroxylation is 2. The molecule has 1 aliphatic carbocycles. The van der Waals surface area contributed by atoms with Gasteiger partial charge in [0.05, 0.1) is 13.0 Å². The molecule has 4 heteroatoms. The third-order valence-electron chi connectivity index (χ3n) is 3.73. The smallest absolute Gasteiger partial charge is 0.323 e. The van der Waals surface area contributed by atoms with Crippen LogP contribution in [0.15, 0.2) is 18.2 Å².